The molecule has 0 aromatic heterocycles. The summed E-state index contributed by atoms with van der Waals surface area (Å²) < 4.78 is 18.6. The molecule has 6 nitrogen and oxygen atoms in total. The van der Waals surface area contributed by atoms with E-state index in [4.69, 9.17) is 16.3 Å². The molecule has 0 bridgehead atoms. The summed E-state index contributed by atoms with van der Waals surface area (Å²) in [7, 11) is 0. The molecule has 130 valence electrons. The number of rotatable bonds is 6. The third kappa shape index (κ3) is 3.36. The van der Waals surface area contributed by atoms with Gasteiger partial charge in [0.25, 0.3) is 5.91 Å². The van der Waals surface area contributed by atoms with E-state index < -0.39 is 35.8 Å². The van der Waals surface area contributed by atoms with Crippen molar-refractivity contribution >= 4 is 29.5 Å². The molecular formula is C16H18ClFN2O4. The SMILES string of the molecule is CCC1(CC)NC(=O)N(CC(=O)OCc2c(F)cccc2Cl)C1=O. The third-order valence-electron chi connectivity index (χ3n) is 4.18. The molecule has 1 aromatic carbocycles. The highest BCUT2D eigenvalue weighted by molar-refractivity contribution is 6.31. The van der Waals surface area contributed by atoms with Gasteiger partial charge in [-0.25, -0.2) is 9.18 Å². The lowest BCUT2D eigenvalue weighted by molar-refractivity contribution is -0.149. The summed E-state index contributed by atoms with van der Waals surface area (Å²) in [6, 6.07) is 3.47. The Morgan fingerprint density at radius 2 is 2.00 bits per heavy atom. The number of imide groups is 1. The maximum absolute atomic E-state index is 13.6. The Morgan fingerprint density at radius 3 is 2.54 bits per heavy atom. The summed E-state index contributed by atoms with van der Waals surface area (Å²) in [6.45, 7) is 2.66. The molecule has 0 radical (unpaired) electrons. The molecule has 24 heavy (non-hydrogen) atoms. The average Bonchev–Trinajstić information content (AvgIpc) is 2.79. The van der Waals surface area contributed by atoms with Crippen molar-refractivity contribution in [3.8, 4) is 0 Å². The minimum atomic E-state index is -0.980. The van der Waals surface area contributed by atoms with E-state index in [1.165, 1.54) is 18.2 Å². The van der Waals surface area contributed by atoms with E-state index in [0.29, 0.717) is 12.8 Å². The first-order chi connectivity index (χ1) is 11.3. The van der Waals surface area contributed by atoms with Gasteiger partial charge in [-0.2, -0.15) is 0 Å². The van der Waals surface area contributed by atoms with Crippen LogP contribution in [0.4, 0.5) is 9.18 Å². The molecule has 0 aliphatic carbocycles. The Balaban J connectivity index is 2.00. The molecule has 2 rings (SSSR count). The first-order valence-electron chi connectivity index (χ1n) is 7.57. The molecule has 0 atom stereocenters. The zero-order valence-electron chi connectivity index (χ0n) is 13.4. The zero-order chi connectivity index (χ0) is 17.9. The van der Waals surface area contributed by atoms with Gasteiger partial charge in [-0.3, -0.25) is 14.5 Å². The number of carbonyl (C=O) groups excluding carboxylic acids is 3. The molecule has 1 N–H and O–H groups in total. The van der Waals surface area contributed by atoms with E-state index in [-0.39, 0.29) is 17.2 Å². The number of ether oxygens (including phenoxy) is 1. The molecule has 1 saturated heterocycles. The number of urea groups is 1. The highest BCUT2D eigenvalue weighted by Gasteiger charge is 2.49. The van der Waals surface area contributed by atoms with Crippen molar-refractivity contribution in [2.24, 2.45) is 0 Å². The maximum atomic E-state index is 13.6. The first-order valence-corrected chi connectivity index (χ1v) is 7.95. The Labute approximate surface area is 143 Å². The summed E-state index contributed by atoms with van der Waals surface area (Å²) in [6.07, 6.45) is 0.842. The molecule has 1 fully saturated rings. The molecule has 1 aromatic rings. The lowest BCUT2D eigenvalue weighted by Gasteiger charge is -2.22. The van der Waals surface area contributed by atoms with Crippen LogP contribution >= 0.6 is 11.6 Å². The predicted octanol–water partition coefficient (Wildman–Crippen LogP) is 2.63. The second-order valence-corrected chi connectivity index (χ2v) is 5.88. The number of halogens is 2. The van der Waals surface area contributed by atoms with E-state index in [1.807, 2.05) is 0 Å². The number of nitrogens with one attached hydrogen (secondary N) is 1. The van der Waals surface area contributed by atoms with Crippen LogP contribution in [-0.2, 0) is 20.9 Å². The number of hydrogen-bond donors (Lipinski definition) is 1. The highest BCUT2D eigenvalue weighted by Crippen LogP contribution is 2.25. The van der Waals surface area contributed by atoms with Crippen LogP contribution in [0.1, 0.15) is 32.3 Å². The third-order valence-corrected chi connectivity index (χ3v) is 4.53. The van der Waals surface area contributed by atoms with Crippen molar-refractivity contribution in [2.45, 2.75) is 38.8 Å². The Hall–Kier alpha value is -2.15. The summed E-state index contributed by atoms with van der Waals surface area (Å²) >= 11 is 5.84. The van der Waals surface area contributed by atoms with Crippen LogP contribution in [0.3, 0.4) is 0 Å². The highest BCUT2D eigenvalue weighted by atomic mass is 35.5. The maximum Gasteiger partial charge on any atom is 0.326 e. The van der Waals surface area contributed by atoms with Gasteiger partial charge < -0.3 is 10.1 Å². The minimum absolute atomic E-state index is 0.0428. The molecule has 1 heterocycles. The van der Waals surface area contributed by atoms with Crippen LogP contribution in [0.2, 0.25) is 5.02 Å². The lowest BCUT2D eigenvalue weighted by atomic mass is 9.93. The fourth-order valence-electron chi connectivity index (χ4n) is 2.55. The first kappa shape index (κ1) is 18.2. The molecule has 8 heteroatoms. The van der Waals surface area contributed by atoms with Gasteiger partial charge in [-0.15, -0.1) is 0 Å². The standard InChI is InChI=1S/C16H18ClFN2O4/c1-3-16(4-2)14(22)20(15(23)19-16)8-13(21)24-9-10-11(17)6-5-7-12(10)18/h5-7H,3-4,8-9H2,1-2H3,(H,19,23). The average molecular weight is 357 g/mol. The van der Waals surface area contributed by atoms with Crippen molar-refractivity contribution < 1.29 is 23.5 Å². The van der Waals surface area contributed by atoms with E-state index in [0.717, 1.165) is 4.90 Å². The van der Waals surface area contributed by atoms with Crippen LogP contribution in [0.15, 0.2) is 18.2 Å². The summed E-state index contributed by atoms with van der Waals surface area (Å²) in [5.74, 6) is -1.87. The lowest BCUT2D eigenvalue weighted by Crippen LogP contribution is -2.46. The van der Waals surface area contributed by atoms with E-state index >= 15 is 0 Å². The molecule has 3 amide bonds. The van der Waals surface area contributed by atoms with Crippen LogP contribution in [0, 0.1) is 5.82 Å². The van der Waals surface area contributed by atoms with Gasteiger partial charge in [-0.05, 0) is 25.0 Å². The number of esters is 1. The van der Waals surface area contributed by atoms with Crippen LogP contribution in [0.25, 0.3) is 0 Å². The van der Waals surface area contributed by atoms with Crippen molar-refractivity contribution in [2.75, 3.05) is 6.54 Å². The smallest absolute Gasteiger partial charge is 0.326 e. The van der Waals surface area contributed by atoms with Crippen LogP contribution in [-0.4, -0.2) is 34.9 Å². The quantitative estimate of drug-likeness (QED) is 0.628. The van der Waals surface area contributed by atoms with Gasteiger partial charge in [-0.1, -0.05) is 31.5 Å². The zero-order valence-corrected chi connectivity index (χ0v) is 14.2. The van der Waals surface area contributed by atoms with Crippen molar-refractivity contribution in [3.05, 3.63) is 34.6 Å². The number of carbonyl (C=O) groups is 3. The van der Waals surface area contributed by atoms with Crippen LogP contribution < -0.4 is 5.32 Å². The molecule has 0 saturated carbocycles. The van der Waals surface area contributed by atoms with Gasteiger partial charge in [0.15, 0.2) is 0 Å². The van der Waals surface area contributed by atoms with Gasteiger partial charge in [0, 0.05) is 5.56 Å². The Morgan fingerprint density at radius 1 is 1.33 bits per heavy atom. The molecule has 1 aliphatic heterocycles. The summed E-state index contributed by atoms with van der Waals surface area (Å²) in [5, 5.41) is 2.75. The molecule has 0 spiro atoms. The topological polar surface area (TPSA) is 75.7 Å². The monoisotopic (exact) mass is 356 g/mol. The van der Waals surface area contributed by atoms with Gasteiger partial charge in [0.2, 0.25) is 0 Å². The van der Waals surface area contributed by atoms with Crippen molar-refractivity contribution in [3.63, 3.8) is 0 Å². The minimum Gasteiger partial charge on any atom is -0.459 e. The number of nitrogens with zero attached hydrogens (tertiary/aromatic N) is 1. The molecule has 0 unspecified atom stereocenters. The van der Waals surface area contributed by atoms with E-state index in [1.54, 1.807) is 13.8 Å². The summed E-state index contributed by atoms with van der Waals surface area (Å²) in [4.78, 5) is 37.0. The molecular weight excluding hydrogens is 339 g/mol. The number of hydrogen-bond acceptors (Lipinski definition) is 4. The fourth-order valence-corrected chi connectivity index (χ4v) is 2.76. The second-order valence-electron chi connectivity index (χ2n) is 5.47. The molecule has 1 aliphatic rings. The van der Waals surface area contributed by atoms with Gasteiger partial charge in [0.05, 0.1) is 5.02 Å². The van der Waals surface area contributed by atoms with E-state index in [9.17, 15) is 18.8 Å². The van der Waals surface area contributed by atoms with Gasteiger partial charge in [0.1, 0.15) is 24.5 Å². The summed E-state index contributed by atoms with van der Waals surface area (Å²) in [5.41, 5.74) is -0.937. The Kier molecular flexibility index (Phi) is 5.43. The van der Waals surface area contributed by atoms with Crippen molar-refractivity contribution in [1.82, 2.24) is 10.2 Å². The van der Waals surface area contributed by atoms with Crippen LogP contribution in [0.5, 0.6) is 0 Å². The fraction of sp³-hybridized carbons (Fsp3) is 0.438. The number of amides is 3. The second kappa shape index (κ2) is 7.17. The van der Waals surface area contributed by atoms with Crippen molar-refractivity contribution in [1.29, 1.82) is 0 Å². The largest absolute Gasteiger partial charge is 0.459 e. The predicted molar refractivity (Wildman–Crippen MR) is 84.8 cm³/mol. The normalized spacial score (nSPS) is 16.2. The van der Waals surface area contributed by atoms with E-state index in [2.05, 4.69) is 5.32 Å². The Bertz CT molecular complexity index is 656. The van der Waals surface area contributed by atoms with Gasteiger partial charge >= 0.3 is 12.0 Å². The number of benzene rings is 1.